The zero-order valence-corrected chi connectivity index (χ0v) is 18.0. The second kappa shape index (κ2) is 11.3. The third-order valence-corrected chi connectivity index (χ3v) is 5.68. The van der Waals surface area contributed by atoms with Gasteiger partial charge in [-0.25, -0.2) is 4.79 Å². The van der Waals surface area contributed by atoms with E-state index in [1.807, 2.05) is 43.3 Å². The van der Waals surface area contributed by atoms with Crippen molar-refractivity contribution in [2.24, 2.45) is 0 Å². The van der Waals surface area contributed by atoms with Crippen LogP contribution in [0.15, 0.2) is 48.5 Å². The number of nitrogens with one attached hydrogen (secondary N) is 2. The summed E-state index contributed by atoms with van der Waals surface area (Å²) in [5.74, 6) is -0.836. The zero-order chi connectivity index (χ0) is 22.1. The number of para-hydroxylation sites is 1. The third-order valence-electron chi connectivity index (χ3n) is 5.68. The molecule has 1 aliphatic carbocycles. The minimum absolute atomic E-state index is 0.190. The van der Waals surface area contributed by atoms with Gasteiger partial charge >= 0.3 is 5.97 Å². The van der Waals surface area contributed by atoms with E-state index in [0.29, 0.717) is 11.5 Å². The van der Waals surface area contributed by atoms with Crippen molar-refractivity contribution in [1.29, 1.82) is 0 Å². The van der Waals surface area contributed by atoms with Crippen LogP contribution in [0.25, 0.3) is 0 Å². The zero-order valence-electron chi connectivity index (χ0n) is 18.0. The molecule has 6 heteroatoms. The summed E-state index contributed by atoms with van der Waals surface area (Å²) in [5.41, 5.74) is 3.42. The molecule has 1 fully saturated rings. The lowest BCUT2D eigenvalue weighted by Gasteiger charge is -2.21. The van der Waals surface area contributed by atoms with E-state index in [2.05, 4.69) is 10.6 Å². The Morgan fingerprint density at radius 1 is 0.935 bits per heavy atom. The standard InChI is InChI=1S/C25H30N2O4/c1-2-18-8-6-7-11-22(18)27-23(28)16-26-24(29)17-31-25(30)21-14-12-20(13-15-21)19-9-4-3-5-10-19/h6-8,11-15,19H,2-5,9-10,16-17H2,1H3,(H,26,29)(H,27,28). The van der Waals surface area contributed by atoms with Gasteiger partial charge in [0, 0.05) is 5.69 Å². The molecule has 0 aromatic heterocycles. The molecule has 2 N–H and O–H groups in total. The first-order valence-electron chi connectivity index (χ1n) is 11.0. The molecule has 0 unspecified atom stereocenters. The van der Waals surface area contributed by atoms with Gasteiger partial charge in [-0.2, -0.15) is 0 Å². The lowest BCUT2D eigenvalue weighted by molar-refractivity contribution is -0.126. The Morgan fingerprint density at radius 3 is 2.35 bits per heavy atom. The van der Waals surface area contributed by atoms with Crippen molar-refractivity contribution in [2.75, 3.05) is 18.5 Å². The summed E-state index contributed by atoms with van der Waals surface area (Å²) in [5, 5.41) is 5.25. The van der Waals surface area contributed by atoms with Gasteiger partial charge in [-0.15, -0.1) is 0 Å². The maximum Gasteiger partial charge on any atom is 0.338 e. The second-order valence-corrected chi connectivity index (χ2v) is 7.87. The molecular weight excluding hydrogens is 392 g/mol. The van der Waals surface area contributed by atoms with Crippen molar-refractivity contribution >= 4 is 23.5 Å². The first-order chi connectivity index (χ1) is 15.1. The van der Waals surface area contributed by atoms with Crippen LogP contribution in [0.4, 0.5) is 5.69 Å². The fourth-order valence-corrected chi connectivity index (χ4v) is 3.92. The number of hydrogen-bond donors (Lipinski definition) is 2. The van der Waals surface area contributed by atoms with Crippen molar-refractivity contribution in [3.8, 4) is 0 Å². The number of anilines is 1. The predicted octanol–water partition coefficient (Wildman–Crippen LogP) is 4.21. The quantitative estimate of drug-likeness (QED) is 0.624. The minimum atomic E-state index is -0.549. The number of esters is 1. The number of amides is 2. The van der Waals surface area contributed by atoms with Crippen LogP contribution >= 0.6 is 0 Å². The van der Waals surface area contributed by atoms with Gasteiger partial charge in [-0.05, 0) is 54.5 Å². The summed E-state index contributed by atoms with van der Waals surface area (Å²) in [4.78, 5) is 36.2. The van der Waals surface area contributed by atoms with Gasteiger partial charge in [0.2, 0.25) is 5.91 Å². The van der Waals surface area contributed by atoms with Crippen LogP contribution in [0.3, 0.4) is 0 Å². The molecule has 1 saturated carbocycles. The molecule has 0 bridgehead atoms. The van der Waals surface area contributed by atoms with E-state index in [9.17, 15) is 14.4 Å². The highest BCUT2D eigenvalue weighted by Gasteiger charge is 2.17. The molecule has 0 radical (unpaired) electrons. The normalized spacial score (nSPS) is 14.0. The van der Waals surface area contributed by atoms with Gasteiger partial charge in [-0.1, -0.05) is 56.5 Å². The van der Waals surface area contributed by atoms with Gasteiger partial charge in [0.05, 0.1) is 12.1 Å². The summed E-state index contributed by atoms with van der Waals surface area (Å²) in [6.45, 7) is 1.39. The van der Waals surface area contributed by atoms with Crippen molar-refractivity contribution in [1.82, 2.24) is 5.32 Å². The fourth-order valence-electron chi connectivity index (χ4n) is 3.92. The Hall–Kier alpha value is -3.15. The molecular formula is C25H30N2O4. The number of carbonyl (C=O) groups is 3. The summed E-state index contributed by atoms with van der Waals surface area (Å²) < 4.78 is 5.08. The van der Waals surface area contributed by atoms with Crippen LogP contribution in [0.2, 0.25) is 0 Å². The lowest BCUT2D eigenvalue weighted by atomic mass is 9.84. The van der Waals surface area contributed by atoms with Crippen molar-refractivity contribution in [3.63, 3.8) is 0 Å². The van der Waals surface area contributed by atoms with E-state index in [-0.39, 0.29) is 12.5 Å². The summed E-state index contributed by atoms with van der Waals surface area (Å²) in [6, 6.07) is 15.0. The molecule has 31 heavy (non-hydrogen) atoms. The first-order valence-corrected chi connectivity index (χ1v) is 11.0. The SMILES string of the molecule is CCc1ccccc1NC(=O)CNC(=O)COC(=O)c1ccc(C2CCCCC2)cc1. The Balaban J connectivity index is 1.40. The molecule has 0 atom stereocenters. The smallest absolute Gasteiger partial charge is 0.338 e. The number of ether oxygens (including phenoxy) is 1. The molecule has 0 spiro atoms. The van der Waals surface area contributed by atoms with Crippen LogP contribution in [0, 0.1) is 0 Å². The molecule has 0 saturated heterocycles. The van der Waals surface area contributed by atoms with Crippen molar-refractivity contribution in [3.05, 3.63) is 65.2 Å². The van der Waals surface area contributed by atoms with Crippen LogP contribution in [0.1, 0.15) is 66.4 Å². The average molecular weight is 423 g/mol. The number of benzene rings is 2. The first kappa shape index (κ1) is 22.5. The summed E-state index contributed by atoms with van der Waals surface area (Å²) in [7, 11) is 0. The largest absolute Gasteiger partial charge is 0.452 e. The van der Waals surface area contributed by atoms with E-state index in [1.54, 1.807) is 12.1 Å². The predicted molar refractivity (Wildman–Crippen MR) is 120 cm³/mol. The molecule has 3 rings (SSSR count). The Bertz CT molecular complexity index is 902. The highest BCUT2D eigenvalue weighted by Crippen LogP contribution is 2.32. The van der Waals surface area contributed by atoms with Crippen LogP contribution in [-0.2, 0) is 20.7 Å². The van der Waals surface area contributed by atoms with Gasteiger partial charge in [0.25, 0.3) is 5.91 Å². The summed E-state index contributed by atoms with van der Waals surface area (Å²) >= 11 is 0. The number of rotatable bonds is 8. The Morgan fingerprint density at radius 2 is 1.65 bits per heavy atom. The minimum Gasteiger partial charge on any atom is -0.452 e. The van der Waals surface area contributed by atoms with Crippen molar-refractivity contribution in [2.45, 2.75) is 51.4 Å². The average Bonchev–Trinajstić information content (AvgIpc) is 2.82. The number of aryl methyl sites for hydroxylation is 1. The molecule has 1 aliphatic rings. The van der Waals surface area contributed by atoms with Crippen LogP contribution < -0.4 is 10.6 Å². The fraction of sp³-hybridized carbons (Fsp3) is 0.400. The third kappa shape index (κ3) is 6.67. The van der Waals surface area contributed by atoms with Gasteiger partial charge in [0.1, 0.15) is 0 Å². The lowest BCUT2D eigenvalue weighted by Crippen LogP contribution is -2.35. The molecule has 2 aromatic rings. The van der Waals surface area contributed by atoms with Crippen molar-refractivity contribution < 1.29 is 19.1 Å². The maximum absolute atomic E-state index is 12.2. The molecule has 6 nitrogen and oxygen atoms in total. The van der Waals surface area contributed by atoms with Gasteiger partial charge < -0.3 is 15.4 Å². The second-order valence-electron chi connectivity index (χ2n) is 7.87. The van der Waals surface area contributed by atoms with Gasteiger partial charge in [0.15, 0.2) is 6.61 Å². The molecule has 0 aliphatic heterocycles. The van der Waals surface area contributed by atoms with Gasteiger partial charge in [-0.3, -0.25) is 9.59 Å². The Kier molecular flexibility index (Phi) is 8.21. The van der Waals surface area contributed by atoms with E-state index in [0.717, 1.165) is 17.7 Å². The number of carbonyl (C=O) groups excluding carboxylic acids is 3. The maximum atomic E-state index is 12.2. The highest BCUT2D eigenvalue weighted by atomic mass is 16.5. The van der Waals surface area contributed by atoms with E-state index >= 15 is 0 Å². The monoisotopic (exact) mass is 422 g/mol. The molecule has 2 aromatic carbocycles. The molecule has 164 valence electrons. The topological polar surface area (TPSA) is 84.5 Å². The van der Waals surface area contributed by atoms with E-state index in [4.69, 9.17) is 4.74 Å². The van der Waals surface area contributed by atoms with E-state index < -0.39 is 18.5 Å². The van der Waals surface area contributed by atoms with E-state index in [1.165, 1.54) is 37.7 Å². The summed E-state index contributed by atoms with van der Waals surface area (Å²) in [6.07, 6.45) is 7.00. The molecule has 2 amide bonds. The Labute approximate surface area is 183 Å². The highest BCUT2D eigenvalue weighted by molar-refractivity contribution is 5.96. The van der Waals surface area contributed by atoms with Crippen LogP contribution in [-0.4, -0.2) is 30.9 Å². The number of hydrogen-bond acceptors (Lipinski definition) is 4. The van der Waals surface area contributed by atoms with Crippen LogP contribution in [0.5, 0.6) is 0 Å². The molecule has 0 heterocycles.